The topological polar surface area (TPSA) is 35.2 Å². The molecule has 2 nitrogen and oxygen atoms in total. The summed E-state index contributed by atoms with van der Waals surface area (Å²) >= 11 is 3.54. The standard InChI is InChI=1S/C17H26BrNO/c1-3-12-5-4-6-13(9-12)16(19)11-14-10-15(18)7-8-17(14)20-2/h7-8,10,12-13,16H,3-6,9,11,19H2,1-2H3. The van der Waals surface area contributed by atoms with Gasteiger partial charge in [-0.15, -0.1) is 0 Å². The van der Waals surface area contributed by atoms with Crippen molar-refractivity contribution >= 4 is 15.9 Å². The minimum Gasteiger partial charge on any atom is -0.496 e. The number of benzene rings is 1. The lowest BCUT2D eigenvalue weighted by molar-refractivity contribution is 0.228. The minimum absolute atomic E-state index is 0.243. The number of halogens is 1. The van der Waals surface area contributed by atoms with E-state index in [2.05, 4.69) is 28.9 Å². The van der Waals surface area contributed by atoms with Gasteiger partial charge >= 0.3 is 0 Å². The van der Waals surface area contributed by atoms with Crippen LogP contribution in [0.4, 0.5) is 0 Å². The number of ether oxygens (including phenoxy) is 1. The fourth-order valence-corrected chi connectivity index (χ4v) is 3.83. The Morgan fingerprint density at radius 3 is 2.90 bits per heavy atom. The zero-order chi connectivity index (χ0) is 14.5. The Bertz CT molecular complexity index is 435. The quantitative estimate of drug-likeness (QED) is 0.854. The average Bonchev–Trinajstić information content (AvgIpc) is 2.47. The maximum atomic E-state index is 6.50. The number of nitrogens with two attached hydrogens (primary N) is 1. The molecule has 3 atom stereocenters. The van der Waals surface area contributed by atoms with Crippen LogP contribution in [0.25, 0.3) is 0 Å². The molecule has 20 heavy (non-hydrogen) atoms. The van der Waals surface area contributed by atoms with Crippen molar-refractivity contribution in [2.75, 3.05) is 7.11 Å². The summed E-state index contributed by atoms with van der Waals surface area (Å²) in [5, 5.41) is 0. The molecule has 0 amide bonds. The highest BCUT2D eigenvalue weighted by atomic mass is 79.9. The van der Waals surface area contributed by atoms with Crippen molar-refractivity contribution in [1.29, 1.82) is 0 Å². The summed E-state index contributed by atoms with van der Waals surface area (Å²) in [7, 11) is 1.73. The third-order valence-corrected chi connectivity index (χ3v) is 5.20. The average molecular weight is 340 g/mol. The molecule has 1 aromatic rings. The zero-order valence-electron chi connectivity index (χ0n) is 12.6. The summed E-state index contributed by atoms with van der Waals surface area (Å²) in [6.07, 6.45) is 7.52. The Labute approximate surface area is 131 Å². The van der Waals surface area contributed by atoms with Crippen LogP contribution in [0.3, 0.4) is 0 Å². The Morgan fingerprint density at radius 2 is 2.20 bits per heavy atom. The number of rotatable bonds is 5. The first-order valence-corrected chi connectivity index (χ1v) is 8.51. The first-order valence-electron chi connectivity index (χ1n) is 7.72. The molecule has 1 saturated carbocycles. The summed E-state index contributed by atoms with van der Waals surface area (Å²) in [4.78, 5) is 0. The smallest absolute Gasteiger partial charge is 0.122 e. The van der Waals surface area contributed by atoms with Crippen LogP contribution in [0.2, 0.25) is 0 Å². The van der Waals surface area contributed by atoms with Gasteiger partial charge in [-0.05, 0) is 54.9 Å². The monoisotopic (exact) mass is 339 g/mol. The second-order valence-electron chi connectivity index (χ2n) is 6.03. The van der Waals surface area contributed by atoms with E-state index in [-0.39, 0.29) is 6.04 Å². The highest BCUT2D eigenvalue weighted by molar-refractivity contribution is 9.10. The molecule has 3 unspecified atom stereocenters. The number of hydrogen-bond acceptors (Lipinski definition) is 2. The molecule has 0 heterocycles. The van der Waals surface area contributed by atoms with Gasteiger partial charge < -0.3 is 10.5 Å². The van der Waals surface area contributed by atoms with Crippen LogP contribution in [-0.2, 0) is 6.42 Å². The van der Waals surface area contributed by atoms with Crippen molar-refractivity contribution in [1.82, 2.24) is 0 Å². The highest BCUT2D eigenvalue weighted by Crippen LogP contribution is 2.34. The first-order chi connectivity index (χ1) is 9.63. The molecule has 0 radical (unpaired) electrons. The van der Waals surface area contributed by atoms with Crippen LogP contribution < -0.4 is 10.5 Å². The molecule has 0 bridgehead atoms. The van der Waals surface area contributed by atoms with E-state index in [0.29, 0.717) is 5.92 Å². The van der Waals surface area contributed by atoms with Crippen molar-refractivity contribution in [2.24, 2.45) is 17.6 Å². The summed E-state index contributed by atoms with van der Waals surface area (Å²) in [5.74, 6) is 2.49. The molecule has 112 valence electrons. The van der Waals surface area contributed by atoms with Crippen LogP contribution >= 0.6 is 15.9 Å². The van der Waals surface area contributed by atoms with Crippen LogP contribution in [0.5, 0.6) is 5.75 Å². The van der Waals surface area contributed by atoms with Gasteiger partial charge in [0, 0.05) is 10.5 Å². The highest BCUT2D eigenvalue weighted by Gasteiger charge is 2.26. The van der Waals surface area contributed by atoms with Crippen LogP contribution in [0, 0.1) is 11.8 Å². The summed E-state index contributed by atoms with van der Waals surface area (Å²) in [6, 6.07) is 6.41. The number of hydrogen-bond donors (Lipinski definition) is 1. The molecule has 0 saturated heterocycles. The van der Waals surface area contributed by atoms with Crippen molar-refractivity contribution in [3.63, 3.8) is 0 Å². The van der Waals surface area contributed by atoms with E-state index in [0.717, 1.165) is 22.6 Å². The maximum Gasteiger partial charge on any atom is 0.122 e. The van der Waals surface area contributed by atoms with Gasteiger partial charge in [0.1, 0.15) is 5.75 Å². The largest absolute Gasteiger partial charge is 0.496 e. The number of methoxy groups -OCH3 is 1. The lowest BCUT2D eigenvalue weighted by Crippen LogP contribution is -2.35. The summed E-state index contributed by atoms with van der Waals surface area (Å²) in [5.41, 5.74) is 7.72. The van der Waals surface area contributed by atoms with E-state index in [4.69, 9.17) is 10.5 Å². The van der Waals surface area contributed by atoms with Gasteiger partial charge in [0.25, 0.3) is 0 Å². The molecular weight excluding hydrogens is 314 g/mol. The molecule has 1 aliphatic carbocycles. The van der Waals surface area contributed by atoms with Crippen LogP contribution in [0.1, 0.15) is 44.6 Å². The zero-order valence-corrected chi connectivity index (χ0v) is 14.2. The Morgan fingerprint density at radius 1 is 1.40 bits per heavy atom. The summed E-state index contributed by atoms with van der Waals surface area (Å²) < 4.78 is 6.55. The SMILES string of the molecule is CCC1CCCC(C(N)Cc2cc(Br)ccc2OC)C1. The fraction of sp³-hybridized carbons (Fsp3) is 0.647. The van der Waals surface area contributed by atoms with E-state index < -0.39 is 0 Å². The predicted molar refractivity (Wildman–Crippen MR) is 88.1 cm³/mol. The van der Waals surface area contributed by atoms with Crippen LogP contribution in [-0.4, -0.2) is 13.2 Å². The van der Waals surface area contributed by atoms with Crippen molar-refractivity contribution < 1.29 is 4.74 Å². The second kappa shape index (κ2) is 7.46. The van der Waals surface area contributed by atoms with Crippen molar-refractivity contribution in [2.45, 2.75) is 51.5 Å². The third-order valence-electron chi connectivity index (χ3n) is 4.70. The maximum absolute atomic E-state index is 6.50. The molecule has 3 heteroatoms. The lowest BCUT2D eigenvalue weighted by atomic mass is 9.76. The molecular formula is C17H26BrNO. The molecule has 0 aromatic heterocycles. The first kappa shape index (κ1) is 15.8. The Hall–Kier alpha value is -0.540. The van der Waals surface area contributed by atoms with Crippen molar-refractivity contribution in [3.05, 3.63) is 28.2 Å². The molecule has 0 spiro atoms. The van der Waals surface area contributed by atoms with Gasteiger partial charge in [-0.25, -0.2) is 0 Å². The van der Waals surface area contributed by atoms with E-state index in [9.17, 15) is 0 Å². The predicted octanol–water partition coefficient (Wildman–Crippen LogP) is 4.54. The normalized spacial score (nSPS) is 24.4. The van der Waals surface area contributed by atoms with Gasteiger partial charge in [0.15, 0.2) is 0 Å². The fourth-order valence-electron chi connectivity index (χ4n) is 3.42. The van der Waals surface area contributed by atoms with Gasteiger partial charge in [-0.1, -0.05) is 42.1 Å². The van der Waals surface area contributed by atoms with E-state index in [1.54, 1.807) is 7.11 Å². The Kier molecular flexibility index (Phi) is 5.91. The van der Waals surface area contributed by atoms with Gasteiger partial charge in [-0.2, -0.15) is 0 Å². The minimum atomic E-state index is 0.243. The second-order valence-corrected chi connectivity index (χ2v) is 6.94. The van der Waals surface area contributed by atoms with Gasteiger partial charge in [0.2, 0.25) is 0 Å². The molecule has 1 aliphatic rings. The Balaban J connectivity index is 2.03. The van der Waals surface area contributed by atoms with E-state index in [1.807, 2.05) is 12.1 Å². The molecule has 2 rings (SSSR count). The molecule has 1 aromatic carbocycles. The lowest BCUT2D eigenvalue weighted by Gasteiger charge is -2.32. The van der Waals surface area contributed by atoms with E-state index in [1.165, 1.54) is 37.7 Å². The molecule has 0 aliphatic heterocycles. The molecule has 1 fully saturated rings. The third kappa shape index (κ3) is 3.98. The summed E-state index contributed by atoms with van der Waals surface area (Å²) in [6.45, 7) is 2.30. The molecule has 2 N–H and O–H groups in total. The van der Waals surface area contributed by atoms with Gasteiger partial charge in [0.05, 0.1) is 7.11 Å². The van der Waals surface area contributed by atoms with E-state index >= 15 is 0 Å². The van der Waals surface area contributed by atoms with Gasteiger partial charge in [-0.3, -0.25) is 0 Å². The van der Waals surface area contributed by atoms with Crippen LogP contribution in [0.15, 0.2) is 22.7 Å². The van der Waals surface area contributed by atoms with Crippen molar-refractivity contribution in [3.8, 4) is 5.75 Å².